The molecule has 22 heavy (non-hydrogen) atoms. The summed E-state index contributed by atoms with van der Waals surface area (Å²) in [6.45, 7) is 5.89. The third kappa shape index (κ3) is 2.33. The van der Waals surface area contributed by atoms with Crippen LogP contribution in [-0.2, 0) is 5.41 Å². The minimum atomic E-state index is -0.0355. The molecular weight excluding hydrogens is 274 g/mol. The van der Waals surface area contributed by atoms with Gasteiger partial charge in [0.25, 0.3) is 0 Å². The molecule has 0 radical (unpaired) electrons. The summed E-state index contributed by atoms with van der Waals surface area (Å²) in [5, 5.41) is 12.6. The van der Waals surface area contributed by atoms with Gasteiger partial charge in [-0.15, -0.1) is 0 Å². The second-order valence-electron chi connectivity index (χ2n) is 6.50. The van der Waals surface area contributed by atoms with Crippen molar-refractivity contribution in [3.8, 4) is 11.1 Å². The van der Waals surface area contributed by atoms with Crippen molar-refractivity contribution in [1.82, 2.24) is 0 Å². The Labute approximate surface area is 130 Å². The van der Waals surface area contributed by atoms with E-state index in [0.717, 1.165) is 34.4 Å². The van der Waals surface area contributed by atoms with Crippen LogP contribution in [0.2, 0.25) is 0 Å². The molecule has 0 atom stereocenters. The SMILES string of the molecule is CC(=O)c1ccc(-c2ccc3c(c2)C(C)(C)CC3=NO)cc1. The molecule has 2 aromatic carbocycles. The average molecular weight is 293 g/mol. The average Bonchev–Trinajstić information content (AvgIpc) is 2.78. The molecule has 0 saturated heterocycles. The quantitative estimate of drug-likeness (QED) is 0.506. The fraction of sp³-hybridized carbons (Fsp3) is 0.263. The Morgan fingerprint density at radius 3 is 2.32 bits per heavy atom. The Morgan fingerprint density at radius 1 is 1.09 bits per heavy atom. The van der Waals surface area contributed by atoms with E-state index < -0.39 is 0 Å². The molecule has 2 aromatic rings. The van der Waals surface area contributed by atoms with Crippen LogP contribution in [0, 0.1) is 0 Å². The number of Topliss-reactive ketones (excluding diaryl/α,β-unsaturated/α-hetero) is 1. The zero-order chi connectivity index (χ0) is 15.9. The van der Waals surface area contributed by atoms with Crippen LogP contribution in [0.15, 0.2) is 47.6 Å². The smallest absolute Gasteiger partial charge is 0.159 e. The molecular formula is C19H19NO2. The van der Waals surface area contributed by atoms with Gasteiger partial charge in [0.15, 0.2) is 5.78 Å². The molecule has 1 N–H and O–H groups in total. The molecule has 0 aliphatic heterocycles. The summed E-state index contributed by atoms with van der Waals surface area (Å²) < 4.78 is 0. The van der Waals surface area contributed by atoms with Gasteiger partial charge in [0.05, 0.1) is 5.71 Å². The number of ketones is 1. The van der Waals surface area contributed by atoms with Gasteiger partial charge in [0.2, 0.25) is 0 Å². The highest BCUT2D eigenvalue weighted by atomic mass is 16.4. The molecule has 0 amide bonds. The molecule has 1 aliphatic carbocycles. The Bertz CT molecular complexity index is 771. The van der Waals surface area contributed by atoms with Crippen molar-refractivity contribution >= 4 is 11.5 Å². The lowest BCUT2D eigenvalue weighted by Crippen LogP contribution is -2.12. The number of fused-ring (bicyclic) bond motifs is 1. The van der Waals surface area contributed by atoms with Gasteiger partial charge >= 0.3 is 0 Å². The second-order valence-corrected chi connectivity index (χ2v) is 6.50. The second kappa shape index (κ2) is 5.09. The number of hydrogen-bond acceptors (Lipinski definition) is 3. The molecule has 3 rings (SSSR count). The van der Waals surface area contributed by atoms with Gasteiger partial charge in [0, 0.05) is 17.5 Å². The van der Waals surface area contributed by atoms with E-state index in [-0.39, 0.29) is 11.2 Å². The highest BCUT2D eigenvalue weighted by molar-refractivity contribution is 6.06. The van der Waals surface area contributed by atoms with Gasteiger partial charge in [-0.2, -0.15) is 0 Å². The maximum atomic E-state index is 11.4. The highest BCUT2D eigenvalue weighted by Crippen LogP contribution is 2.40. The van der Waals surface area contributed by atoms with E-state index in [0.29, 0.717) is 0 Å². The fourth-order valence-electron chi connectivity index (χ4n) is 3.13. The Hall–Kier alpha value is -2.42. The maximum Gasteiger partial charge on any atom is 0.159 e. The first-order valence-corrected chi connectivity index (χ1v) is 7.39. The third-order valence-electron chi connectivity index (χ3n) is 4.41. The van der Waals surface area contributed by atoms with Crippen LogP contribution in [0.5, 0.6) is 0 Å². The molecule has 1 aliphatic rings. The predicted octanol–water partition coefficient (Wildman–Crippen LogP) is 4.42. The summed E-state index contributed by atoms with van der Waals surface area (Å²) >= 11 is 0. The van der Waals surface area contributed by atoms with Gasteiger partial charge in [-0.25, -0.2) is 0 Å². The molecule has 3 nitrogen and oxygen atoms in total. The fourth-order valence-corrected chi connectivity index (χ4v) is 3.13. The van der Waals surface area contributed by atoms with Crippen LogP contribution in [0.4, 0.5) is 0 Å². The highest BCUT2D eigenvalue weighted by Gasteiger charge is 2.34. The topological polar surface area (TPSA) is 49.7 Å². The summed E-state index contributed by atoms with van der Waals surface area (Å²) in [6.07, 6.45) is 0.742. The van der Waals surface area contributed by atoms with Gasteiger partial charge in [0.1, 0.15) is 0 Å². The molecule has 0 bridgehead atoms. The monoisotopic (exact) mass is 293 g/mol. The zero-order valence-corrected chi connectivity index (χ0v) is 13.1. The summed E-state index contributed by atoms with van der Waals surface area (Å²) in [6, 6.07) is 13.9. The number of hydrogen-bond donors (Lipinski definition) is 1. The van der Waals surface area contributed by atoms with Crippen molar-refractivity contribution in [2.75, 3.05) is 0 Å². The lowest BCUT2D eigenvalue weighted by atomic mass is 9.85. The first-order valence-electron chi connectivity index (χ1n) is 7.39. The predicted molar refractivity (Wildman–Crippen MR) is 87.8 cm³/mol. The summed E-state index contributed by atoms with van der Waals surface area (Å²) in [4.78, 5) is 11.4. The van der Waals surface area contributed by atoms with Crippen LogP contribution >= 0.6 is 0 Å². The molecule has 0 spiro atoms. The molecule has 0 heterocycles. The molecule has 3 heteroatoms. The third-order valence-corrected chi connectivity index (χ3v) is 4.41. The minimum absolute atomic E-state index is 0.0355. The van der Waals surface area contributed by atoms with Crippen molar-refractivity contribution in [3.63, 3.8) is 0 Å². The standard InChI is InChI=1S/C19H19NO2/c1-12(21)13-4-6-14(7-5-13)15-8-9-16-17(10-15)19(2,3)11-18(16)20-22/h4-10,22H,11H2,1-3H3. The van der Waals surface area contributed by atoms with Gasteiger partial charge in [-0.1, -0.05) is 55.4 Å². The number of carbonyl (C=O) groups is 1. The summed E-state index contributed by atoms with van der Waals surface area (Å²) in [5.41, 5.74) is 5.86. The van der Waals surface area contributed by atoms with Crippen molar-refractivity contribution in [2.24, 2.45) is 5.16 Å². The van der Waals surface area contributed by atoms with E-state index in [9.17, 15) is 4.79 Å². The molecule has 0 saturated carbocycles. The van der Waals surface area contributed by atoms with E-state index in [1.54, 1.807) is 6.92 Å². The van der Waals surface area contributed by atoms with E-state index in [1.807, 2.05) is 36.4 Å². The number of oxime groups is 1. The van der Waals surface area contributed by atoms with E-state index in [4.69, 9.17) is 5.21 Å². The number of carbonyl (C=O) groups excluding carboxylic acids is 1. The summed E-state index contributed by atoms with van der Waals surface area (Å²) in [7, 11) is 0. The molecule has 0 unspecified atom stereocenters. The Balaban J connectivity index is 2.06. The Kier molecular flexibility index (Phi) is 3.36. The molecule has 0 aromatic heterocycles. The van der Waals surface area contributed by atoms with Crippen molar-refractivity contribution < 1.29 is 10.0 Å². The van der Waals surface area contributed by atoms with Gasteiger partial charge in [-0.05, 0) is 35.1 Å². The van der Waals surface area contributed by atoms with Crippen LogP contribution in [0.25, 0.3) is 11.1 Å². The number of benzene rings is 2. The van der Waals surface area contributed by atoms with Crippen molar-refractivity contribution in [2.45, 2.75) is 32.6 Å². The molecule has 112 valence electrons. The van der Waals surface area contributed by atoms with Crippen LogP contribution in [0.3, 0.4) is 0 Å². The lowest BCUT2D eigenvalue weighted by Gasteiger charge is -2.18. The summed E-state index contributed by atoms with van der Waals surface area (Å²) in [5.74, 6) is 0.0745. The van der Waals surface area contributed by atoms with Gasteiger partial charge in [-0.3, -0.25) is 4.79 Å². The van der Waals surface area contributed by atoms with E-state index >= 15 is 0 Å². The first kappa shape index (κ1) is 14.5. The van der Waals surface area contributed by atoms with Crippen LogP contribution < -0.4 is 0 Å². The molecule has 0 fully saturated rings. The normalized spacial score (nSPS) is 17.5. The maximum absolute atomic E-state index is 11.4. The van der Waals surface area contributed by atoms with Crippen molar-refractivity contribution in [1.29, 1.82) is 0 Å². The largest absolute Gasteiger partial charge is 0.411 e. The minimum Gasteiger partial charge on any atom is -0.411 e. The first-order chi connectivity index (χ1) is 10.4. The lowest BCUT2D eigenvalue weighted by molar-refractivity contribution is 0.101. The zero-order valence-electron chi connectivity index (χ0n) is 13.1. The van der Waals surface area contributed by atoms with Crippen LogP contribution in [-0.4, -0.2) is 16.7 Å². The van der Waals surface area contributed by atoms with E-state index in [2.05, 4.69) is 25.1 Å². The Morgan fingerprint density at radius 2 is 1.73 bits per heavy atom. The van der Waals surface area contributed by atoms with Crippen LogP contribution in [0.1, 0.15) is 48.7 Å². The van der Waals surface area contributed by atoms with Gasteiger partial charge < -0.3 is 5.21 Å². The number of rotatable bonds is 2. The van der Waals surface area contributed by atoms with E-state index in [1.165, 1.54) is 5.56 Å². The van der Waals surface area contributed by atoms with Crippen molar-refractivity contribution in [3.05, 3.63) is 59.2 Å². The number of nitrogens with zero attached hydrogens (tertiary/aromatic N) is 1.